The maximum absolute atomic E-state index is 12.4. The Hall–Kier alpha value is -3.13. The van der Waals surface area contributed by atoms with Crippen molar-refractivity contribution in [2.24, 2.45) is 0 Å². The molecule has 0 aliphatic rings. The summed E-state index contributed by atoms with van der Waals surface area (Å²) in [4.78, 5) is 0.113. The molecule has 3 rings (SSSR count). The van der Waals surface area contributed by atoms with Crippen molar-refractivity contribution < 1.29 is 13.2 Å². The molecule has 0 bridgehead atoms. The molecular formula is C18H18N4O3S. The van der Waals surface area contributed by atoms with E-state index in [0.29, 0.717) is 11.6 Å². The van der Waals surface area contributed by atoms with Crippen LogP contribution in [-0.2, 0) is 10.0 Å². The van der Waals surface area contributed by atoms with Gasteiger partial charge in [-0.3, -0.25) is 4.72 Å². The van der Waals surface area contributed by atoms with Crippen molar-refractivity contribution in [2.75, 3.05) is 17.1 Å². The van der Waals surface area contributed by atoms with Gasteiger partial charge in [-0.05, 0) is 55.5 Å². The predicted octanol–water partition coefficient (Wildman–Crippen LogP) is 3.34. The van der Waals surface area contributed by atoms with Crippen molar-refractivity contribution in [3.05, 3.63) is 66.2 Å². The lowest BCUT2D eigenvalue weighted by atomic mass is 10.2. The molecule has 134 valence electrons. The van der Waals surface area contributed by atoms with Gasteiger partial charge in [-0.1, -0.05) is 17.7 Å². The van der Waals surface area contributed by atoms with E-state index < -0.39 is 10.0 Å². The SMILES string of the molecule is COc1ccc(S(=O)(=O)Nc2ccc(Nc3ccc(C)cc3)nn2)cc1. The third kappa shape index (κ3) is 4.28. The number of nitrogens with zero attached hydrogens (tertiary/aromatic N) is 2. The lowest BCUT2D eigenvalue weighted by Crippen LogP contribution is -2.14. The summed E-state index contributed by atoms with van der Waals surface area (Å²) >= 11 is 0. The van der Waals surface area contributed by atoms with E-state index in [9.17, 15) is 8.42 Å². The van der Waals surface area contributed by atoms with Crippen molar-refractivity contribution in [1.82, 2.24) is 10.2 Å². The Labute approximate surface area is 152 Å². The summed E-state index contributed by atoms with van der Waals surface area (Å²) in [6.07, 6.45) is 0. The van der Waals surface area contributed by atoms with E-state index in [1.165, 1.54) is 19.2 Å². The van der Waals surface area contributed by atoms with E-state index in [1.807, 2.05) is 31.2 Å². The van der Waals surface area contributed by atoms with Gasteiger partial charge in [0.25, 0.3) is 10.0 Å². The Balaban J connectivity index is 1.70. The van der Waals surface area contributed by atoms with Crippen LogP contribution in [0.2, 0.25) is 0 Å². The van der Waals surface area contributed by atoms with E-state index in [4.69, 9.17) is 4.74 Å². The molecule has 8 heteroatoms. The maximum Gasteiger partial charge on any atom is 0.263 e. The Bertz CT molecular complexity index is 970. The highest BCUT2D eigenvalue weighted by Gasteiger charge is 2.15. The van der Waals surface area contributed by atoms with Crippen LogP contribution < -0.4 is 14.8 Å². The first-order chi connectivity index (χ1) is 12.5. The summed E-state index contributed by atoms with van der Waals surface area (Å²) in [5.74, 6) is 1.23. The van der Waals surface area contributed by atoms with Crippen molar-refractivity contribution in [1.29, 1.82) is 0 Å². The third-order valence-corrected chi connectivity index (χ3v) is 4.97. The molecule has 7 nitrogen and oxygen atoms in total. The quantitative estimate of drug-likeness (QED) is 0.691. The molecule has 26 heavy (non-hydrogen) atoms. The second kappa shape index (κ2) is 7.40. The molecule has 0 spiro atoms. The molecule has 2 aromatic carbocycles. The van der Waals surface area contributed by atoms with E-state index in [-0.39, 0.29) is 10.7 Å². The Kier molecular flexibility index (Phi) is 5.04. The van der Waals surface area contributed by atoms with Gasteiger partial charge in [0.1, 0.15) is 5.75 Å². The van der Waals surface area contributed by atoms with Crippen LogP contribution in [0.5, 0.6) is 5.75 Å². The zero-order valence-corrected chi connectivity index (χ0v) is 15.1. The number of hydrogen-bond donors (Lipinski definition) is 2. The number of hydrogen-bond acceptors (Lipinski definition) is 6. The molecule has 0 fully saturated rings. The van der Waals surface area contributed by atoms with Crippen LogP contribution in [0.3, 0.4) is 0 Å². The van der Waals surface area contributed by atoms with Crippen LogP contribution in [0.25, 0.3) is 0 Å². The fourth-order valence-corrected chi connectivity index (χ4v) is 3.19. The number of nitrogens with one attached hydrogen (secondary N) is 2. The van der Waals surface area contributed by atoms with Crippen molar-refractivity contribution in [3.63, 3.8) is 0 Å². The van der Waals surface area contributed by atoms with Gasteiger partial charge in [-0.15, -0.1) is 10.2 Å². The summed E-state index contributed by atoms with van der Waals surface area (Å²) in [7, 11) is -2.23. The second-order valence-corrected chi connectivity index (χ2v) is 7.26. The number of rotatable bonds is 6. The van der Waals surface area contributed by atoms with Gasteiger partial charge in [0.15, 0.2) is 11.6 Å². The molecular weight excluding hydrogens is 352 g/mol. The predicted molar refractivity (Wildman–Crippen MR) is 100 cm³/mol. The van der Waals surface area contributed by atoms with E-state index in [0.717, 1.165) is 11.3 Å². The molecule has 0 aliphatic heterocycles. The molecule has 0 saturated heterocycles. The number of aromatic nitrogens is 2. The lowest BCUT2D eigenvalue weighted by molar-refractivity contribution is 0.414. The smallest absolute Gasteiger partial charge is 0.263 e. The highest BCUT2D eigenvalue weighted by Crippen LogP contribution is 2.19. The number of aryl methyl sites for hydroxylation is 1. The number of sulfonamides is 1. The fraction of sp³-hybridized carbons (Fsp3) is 0.111. The minimum absolute atomic E-state index is 0.113. The van der Waals surface area contributed by atoms with Crippen LogP contribution >= 0.6 is 0 Å². The third-order valence-electron chi connectivity index (χ3n) is 3.60. The fourth-order valence-electron chi connectivity index (χ4n) is 2.19. The number of anilines is 3. The molecule has 0 aliphatic carbocycles. The van der Waals surface area contributed by atoms with Crippen molar-refractivity contribution >= 4 is 27.3 Å². The van der Waals surface area contributed by atoms with Crippen LogP contribution in [0.4, 0.5) is 17.3 Å². The molecule has 0 unspecified atom stereocenters. The lowest BCUT2D eigenvalue weighted by Gasteiger charge is -2.09. The van der Waals surface area contributed by atoms with Crippen LogP contribution in [0, 0.1) is 6.92 Å². The first-order valence-electron chi connectivity index (χ1n) is 7.80. The molecule has 2 N–H and O–H groups in total. The minimum Gasteiger partial charge on any atom is -0.497 e. The van der Waals surface area contributed by atoms with Gasteiger partial charge < -0.3 is 10.1 Å². The number of ether oxygens (including phenoxy) is 1. The first-order valence-corrected chi connectivity index (χ1v) is 9.29. The summed E-state index contributed by atoms with van der Waals surface area (Å²) in [5, 5.41) is 11.0. The first kappa shape index (κ1) is 17.7. The zero-order chi connectivity index (χ0) is 18.6. The van der Waals surface area contributed by atoms with Gasteiger partial charge in [-0.2, -0.15) is 0 Å². The molecule has 1 aromatic heterocycles. The average molecular weight is 370 g/mol. The largest absolute Gasteiger partial charge is 0.497 e. The van der Waals surface area contributed by atoms with Crippen LogP contribution in [-0.4, -0.2) is 25.7 Å². The Morgan fingerprint density at radius 1 is 0.846 bits per heavy atom. The Morgan fingerprint density at radius 2 is 1.46 bits per heavy atom. The van der Waals surface area contributed by atoms with E-state index in [2.05, 4.69) is 20.2 Å². The average Bonchev–Trinajstić information content (AvgIpc) is 2.65. The number of benzene rings is 2. The molecule has 3 aromatic rings. The highest BCUT2D eigenvalue weighted by atomic mass is 32.2. The molecule has 0 radical (unpaired) electrons. The summed E-state index contributed by atoms with van der Waals surface area (Å²) in [6.45, 7) is 2.01. The highest BCUT2D eigenvalue weighted by molar-refractivity contribution is 7.92. The molecule has 0 amide bonds. The van der Waals surface area contributed by atoms with Crippen LogP contribution in [0.15, 0.2) is 65.6 Å². The van der Waals surface area contributed by atoms with Crippen molar-refractivity contribution in [2.45, 2.75) is 11.8 Å². The zero-order valence-electron chi connectivity index (χ0n) is 14.3. The van der Waals surface area contributed by atoms with Gasteiger partial charge in [-0.25, -0.2) is 8.42 Å². The van der Waals surface area contributed by atoms with E-state index >= 15 is 0 Å². The summed E-state index contributed by atoms with van der Waals surface area (Å²) in [6, 6.07) is 17.1. The standard InChI is InChI=1S/C18H18N4O3S/c1-13-3-5-14(6-4-13)19-17-11-12-18(21-20-17)22-26(23,24)16-9-7-15(25-2)8-10-16/h3-12H,1-2H3,(H,19,20)(H,21,22). The maximum atomic E-state index is 12.4. The molecule has 0 atom stereocenters. The van der Waals surface area contributed by atoms with Gasteiger partial charge in [0.2, 0.25) is 0 Å². The topological polar surface area (TPSA) is 93.2 Å². The molecule has 0 saturated carbocycles. The monoisotopic (exact) mass is 370 g/mol. The number of methoxy groups -OCH3 is 1. The second-order valence-electron chi connectivity index (χ2n) is 5.58. The van der Waals surface area contributed by atoms with Gasteiger partial charge >= 0.3 is 0 Å². The van der Waals surface area contributed by atoms with Crippen molar-refractivity contribution in [3.8, 4) is 5.75 Å². The minimum atomic E-state index is -3.74. The van der Waals surface area contributed by atoms with Gasteiger partial charge in [0, 0.05) is 5.69 Å². The van der Waals surface area contributed by atoms with E-state index in [1.54, 1.807) is 24.3 Å². The summed E-state index contributed by atoms with van der Waals surface area (Å²) in [5.41, 5.74) is 2.03. The summed E-state index contributed by atoms with van der Waals surface area (Å²) < 4.78 is 32.2. The normalized spacial score (nSPS) is 11.0. The van der Waals surface area contributed by atoms with Crippen LogP contribution in [0.1, 0.15) is 5.56 Å². The Morgan fingerprint density at radius 3 is 2.04 bits per heavy atom. The van der Waals surface area contributed by atoms with Gasteiger partial charge in [0.05, 0.1) is 12.0 Å². The molecule has 1 heterocycles.